The molecule has 0 radical (unpaired) electrons. The second kappa shape index (κ2) is 7.08. The average Bonchev–Trinajstić information content (AvgIpc) is 2.58. The zero-order chi connectivity index (χ0) is 15.4. The Morgan fingerprint density at radius 3 is 2.32 bits per heavy atom. The van der Waals surface area contributed by atoms with Crippen LogP contribution in [0.4, 0.5) is 0 Å². The lowest BCUT2D eigenvalue weighted by Gasteiger charge is -2.36. The Labute approximate surface area is 134 Å². The van der Waals surface area contributed by atoms with Crippen molar-refractivity contribution < 1.29 is 0 Å². The molecule has 2 heteroatoms. The number of nitrogens with zero attached hydrogens (tertiary/aromatic N) is 1. The molecule has 0 saturated carbocycles. The van der Waals surface area contributed by atoms with Gasteiger partial charge in [0.2, 0.25) is 0 Å². The number of rotatable bonds is 4. The maximum Gasteiger partial charge on any atom is 0.0605 e. The second-order valence-electron chi connectivity index (χ2n) is 6.14. The summed E-state index contributed by atoms with van der Waals surface area (Å²) < 4.78 is 0. The minimum absolute atomic E-state index is 0.370. The van der Waals surface area contributed by atoms with E-state index >= 15 is 0 Å². The van der Waals surface area contributed by atoms with E-state index in [0.29, 0.717) is 6.04 Å². The molecule has 1 atom stereocenters. The van der Waals surface area contributed by atoms with Gasteiger partial charge in [-0.2, -0.15) is 0 Å². The van der Waals surface area contributed by atoms with E-state index in [1.165, 1.54) is 22.3 Å². The quantitative estimate of drug-likeness (QED) is 0.927. The maximum absolute atomic E-state index is 3.46. The van der Waals surface area contributed by atoms with Crippen LogP contribution in [0, 0.1) is 6.92 Å². The minimum Gasteiger partial charge on any atom is -0.314 e. The van der Waals surface area contributed by atoms with Gasteiger partial charge in [-0.15, -0.1) is 0 Å². The predicted molar refractivity (Wildman–Crippen MR) is 93.3 cm³/mol. The average molecular weight is 294 g/mol. The molecule has 1 fully saturated rings. The summed E-state index contributed by atoms with van der Waals surface area (Å²) in [7, 11) is 0. The van der Waals surface area contributed by atoms with Gasteiger partial charge in [-0.1, -0.05) is 55.5 Å². The van der Waals surface area contributed by atoms with Gasteiger partial charge in [0.1, 0.15) is 0 Å². The highest BCUT2D eigenvalue weighted by Crippen LogP contribution is 2.31. The first-order valence-corrected chi connectivity index (χ1v) is 8.38. The maximum atomic E-state index is 3.46. The molecule has 2 aromatic rings. The summed E-state index contributed by atoms with van der Waals surface area (Å²) in [6, 6.07) is 18.4. The highest BCUT2D eigenvalue weighted by molar-refractivity contribution is 5.38. The van der Waals surface area contributed by atoms with Gasteiger partial charge < -0.3 is 5.32 Å². The lowest BCUT2D eigenvalue weighted by Crippen LogP contribution is -2.45. The molecule has 0 aromatic heterocycles. The van der Waals surface area contributed by atoms with Gasteiger partial charge in [0.15, 0.2) is 0 Å². The molecule has 1 aliphatic rings. The van der Waals surface area contributed by atoms with Crippen LogP contribution in [0.3, 0.4) is 0 Å². The molecule has 3 rings (SSSR count). The van der Waals surface area contributed by atoms with Crippen LogP contribution in [0.15, 0.2) is 48.5 Å². The first-order chi connectivity index (χ1) is 10.8. The number of aryl methyl sites for hydroxylation is 2. The summed E-state index contributed by atoms with van der Waals surface area (Å²) in [4.78, 5) is 2.61. The van der Waals surface area contributed by atoms with E-state index in [9.17, 15) is 0 Å². The highest BCUT2D eigenvalue weighted by atomic mass is 15.2. The molecule has 116 valence electrons. The molecule has 0 amide bonds. The third-order valence-corrected chi connectivity index (χ3v) is 4.70. The minimum atomic E-state index is 0.370. The molecule has 1 aliphatic heterocycles. The van der Waals surface area contributed by atoms with Gasteiger partial charge in [-0.05, 0) is 35.6 Å². The van der Waals surface area contributed by atoms with E-state index in [0.717, 1.165) is 32.6 Å². The van der Waals surface area contributed by atoms with E-state index in [1.54, 1.807) is 0 Å². The van der Waals surface area contributed by atoms with Gasteiger partial charge in [0, 0.05) is 26.2 Å². The fraction of sp³-hybridized carbons (Fsp3) is 0.400. The summed E-state index contributed by atoms with van der Waals surface area (Å²) in [6.07, 6.45) is 1.10. The lowest BCUT2D eigenvalue weighted by molar-refractivity contribution is 0.198. The Morgan fingerprint density at radius 1 is 1.00 bits per heavy atom. The molecule has 1 heterocycles. The summed E-state index contributed by atoms with van der Waals surface area (Å²) in [5.41, 5.74) is 5.64. The van der Waals surface area contributed by atoms with Crippen LogP contribution in [0.5, 0.6) is 0 Å². The Kier molecular flexibility index (Phi) is 4.91. The molecule has 0 spiro atoms. The molecule has 22 heavy (non-hydrogen) atoms. The van der Waals surface area contributed by atoms with Gasteiger partial charge in [0.25, 0.3) is 0 Å². The number of nitrogens with one attached hydrogen (secondary N) is 1. The van der Waals surface area contributed by atoms with Crippen molar-refractivity contribution in [3.63, 3.8) is 0 Å². The van der Waals surface area contributed by atoms with Crippen LogP contribution in [0.2, 0.25) is 0 Å². The summed E-state index contributed by atoms with van der Waals surface area (Å²) in [5, 5.41) is 3.46. The van der Waals surface area contributed by atoms with Crippen LogP contribution in [-0.4, -0.2) is 31.1 Å². The third kappa shape index (κ3) is 3.23. The van der Waals surface area contributed by atoms with E-state index in [1.807, 2.05) is 0 Å². The van der Waals surface area contributed by atoms with Crippen molar-refractivity contribution in [1.82, 2.24) is 10.2 Å². The smallest absolute Gasteiger partial charge is 0.0605 e. The second-order valence-corrected chi connectivity index (χ2v) is 6.14. The molecule has 0 bridgehead atoms. The molecule has 2 nitrogen and oxygen atoms in total. The normalized spacial score (nSPS) is 17.4. The van der Waals surface area contributed by atoms with Crippen LogP contribution in [0.1, 0.15) is 35.2 Å². The van der Waals surface area contributed by atoms with Gasteiger partial charge in [0.05, 0.1) is 6.04 Å². The summed E-state index contributed by atoms with van der Waals surface area (Å²) in [6.45, 7) is 8.81. The van der Waals surface area contributed by atoms with Gasteiger partial charge in [-0.25, -0.2) is 0 Å². The van der Waals surface area contributed by atoms with E-state index in [2.05, 4.69) is 72.6 Å². The first kappa shape index (κ1) is 15.3. The molecule has 0 aliphatic carbocycles. The van der Waals surface area contributed by atoms with Crippen LogP contribution in [-0.2, 0) is 6.42 Å². The number of piperazine rings is 1. The van der Waals surface area contributed by atoms with Crippen LogP contribution in [0.25, 0.3) is 0 Å². The monoisotopic (exact) mass is 294 g/mol. The molecule has 2 aromatic carbocycles. The standard InChI is InChI=1S/C20H26N2/c1-3-17-8-10-18(11-9-17)20(22-14-12-21-13-15-22)19-7-5-4-6-16(19)2/h4-11,20-21H,3,12-15H2,1-2H3. The Bertz CT molecular complexity index is 597. The fourth-order valence-corrected chi connectivity index (χ4v) is 3.36. The van der Waals surface area contributed by atoms with Crippen molar-refractivity contribution in [2.75, 3.05) is 26.2 Å². The van der Waals surface area contributed by atoms with Crippen molar-refractivity contribution in [3.05, 3.63) is 70.8 Å². The Morgan fingerprint density at radius 2 is 1.68 bits per heavy atom. The predicted octanol–water partition coefficient (Wildman–Crippen LogP) is 3.55. The fourth-order valence-electron chi connectivity index (χ4n) is 3.36. The SMILES string of the molecule is CCc1ccc(C(c2ccccc2C)N2CCNCC2)cc1. The van der Waals surface area contributed by atoms with Gasteiger partial charge in [-0.3, -0.25) is 4.90 Å². The van der Waals surface area contributed by atoms with E-state index in [-0.39, 0.29) is 0 Å². The molecular weight excluding hydrogens is 268 g/mol. The van der Waals surface area contributed by atoms with Crippen molar-refractivity contribution in [2.45, 2.75) is 26.3 Å². The largest absolute Gasteiger partial charge is 0.314 e. The van der Waals surface area contributed by atoms with Crippen LogP contribution >= 0.6 is 0 Å². The molecule has 1 saturated heterocycles. The zero-order valence-corrected chi connectivity index (χ0v) is 13.7. The Balaban J connectivity index is 1.99. The molecular formula is C20H26N2. The van der Waals surface area contributed by atoms with Crippen molar-refractivity contribution >= 4 is 0 Å². The number of hydrogen-bond acceptors (Lipinski definition) is 2. The van der Waals surface area contributed by atoms with Crippen molar-refractivity contribution in [3.8, 4) is 0 Å². The summed E-state index contributed by atoms with van der Waals surface area (Å²) >= 11 is 0. The highest BCUT2D eigenvalue weighted by Gasteiger charge is 2.24. The zero-order valence-electron chi connectivity index (χ0n) is 13.7. The molecule has 1 unspecified atom stereocenters. The van der Waals surface area contributed by atoms with Gasteiger partial charge >= 0.3 is 0 Å². The topological polar surface area (TPSA) is 15.3 Å². The lowest BCUT2D eigenvalue weighted by atomic mass is 9.92. The third-order valence-electron chi connectivity index (χ3n) is 4.70. The first-order valence-electron chi connectivity index (χ1n) is 8.38. The number of benzene rings is 2. The van der Waals surface area contributed by atoms with Crippen molar-refractivity contribution in [2.24, 2.45) is 0 Å². The van der Waals surface area contributed by atoms with Crippen LogP contribution < -0.4 is 5.32 Å². The van der Waals surface area contributed by atoms with Crippen molar-refractivity contribution in [1.29, 1.82) is 0 Å². The number of hydrogen-bond donors (Lipinski definition) is 1. The van der Waals surface area contributed by atoms with E-state index in [4.69, 9.17) is 0 Å². The molecule has 1 N–H and O–H groups in total. The summed E-state index contributed by atoms with van der Waals surface area (Å²) in [5.74, 6) is 0. The Hall–Kier alpha value is -1.64. The van der Waals surface area contributed by atoms with E-state index < -0.39 is 0 Å².